The first-order chi connectivity index (χ1) is 9.15. The second-order valence-corrected chi connectivity index (χ2v) is 5.23. The van der Waals surface area contributed by atoms with Gasteiger partial charge in [0.05, 0.1) is 31.5 Å². The van der Waals surface area contributed by atoms with Crippen molar-refractivity contribution in [2.45, 2.75) is 45.0 Å². The Morgan fingerprint density at radius 3 is 2.84 bits per heavy atom. The summed E-state index contributed by atoms with van der Waals surface area (Å²) in [5, 5.41) is 9.99. The summed E-state index contributed by atoms with van der Waals surface area (Å²) in [6, 6.07) is 0. The summed E-state index contributed by atoms with van der Waals surface area (Å²) in [5.74, 6) is 0. The molecule has 0 aromatic rings. The van der Waals surface area contributed by atoms with Crippen LogP contribution in [-0.4, -0.2) is 74.9 Å². The minimum atomic E-state index is -0.445. The van der Waals surface area contributed by atoms with Crippen LogP contribution in [0.5, 0.6) is 0 Å². The van der Waals surface area contributed by atoms with Crippen molar-refractivity contribution in [1.82, 2.24) is 4.90 Å². The van der Waals surface area contributed by atoms with E-state index in [4.69, 9.17) is 14.2 Å². The Hall–Kier alpha value is -0.200. The highest BCUT2D eigenvalue weighted by Gasteiger charge is 2.22. The Bertz CT molecular complexity index is 225. The fourth-order valence-electron chi connectivity index (χ4n) is 2.46. The van der Waals surface area contributed by atoms with Gasteiger partial charge in [-0.1, -0.05) is 0 Å². The van der Waals surface area contributed by atoms with Gasteiger partial charge in [0.2, 0.25) is 0 Å². The smallest absolute Gasteiger partial charge is 0.0900 e. The van der Waals surface area contributed by atoms with Gasteiger partial charge in [-0.3, -0.25) is 4.90 Å². The van der Waals surface area contributed by atoms with Crippen molar-refractivity contribution in [2.75, 3.05) is 46.6 Å². The van der Waals surface area contributed by atoms with Crippen LogP contribution in [0.15, 0.2) is 0 Å². The standard InChI is InChI=1S/C14H29NO4/c1-4-18-14-6-5-7-15(9-14)8-13(16)11-19-12(2)10-17-3/h12-14,16H,4-11H2,1-3H3. The van der Waals surface area contributed by atoms with E-state index in [2.05, 4.69) is 4.90 Å². The maximum Gasteiger partial charge on any atom is 0.0900 e. The Balaban J connectivity index is 2.18. The van der Waals surface area contributed by atoms with Gasteiger partial charge < -0.3 is 19.3 Å². The van der Waals surface area contributed by atoms with Crippen molar-refractivity contribution in [3.05, 3.63) is 0 Å². The molecular formula is C14H29NO4. The molecule has 0 aromatic carbocycles. The molecular weight excluding hydrogens is 246 g/mol. The molecule has 1 saturated heterocycles. The van der Waals surface area contributed by atoms with Crippen LogP contribution in [0.25, 0.3) is 0 Å². The number of rotatable bonds is 9. The summed E-state index contributed by atoms with van der Waals surface area (Å²) in [4.78, 5) is 2.26. The van der Waals surface area contributed by atoms with Gasteiger partial charge >= 0.3 is 0 Å². The number of ether oxygens (including phenoxy) is 3. The highest BCUT2D eigenvalue weighted by Crippen LogP contribution is 2.13. The van der Waals surface area contributed by atoms with Crippen molar-refractivity contribution in [3.8, 4) is 0 Å². The maximum absolute atomic E-state index is 9.99. The summed E-state index contributed by atoms with van der Waals surface area (Å²) in [5.41, 5.74) is 0. The van der Waals surface area contributed by atoms with Crippen molar-refractivity contribution in [3.63, 3.8) is 0 Å². The Kier molecular flexibility index (Phi) is 8.57. The largest absolute Gasteiger partial charge is 0.389 e. The Morgan fingerprint density at radius 2 is 2.16 bits per heavy atom. The molecule has 0 amide bonds. The van der Waals surface area contributed by atoms with Crippen molar-refractivity contribution in [1.29, 1.82) is 0 Å². The molecule has 1 fully saturated rings. The van der Waals surface area contributed by atoms with Crippen molar-refractivity contribution < 1.29 is 19.3 Å². The highest BCUT2D eigenvalue weighted by atomic mass is 16.5. The van der Waals surface area contributed by atoms with Crippen LogP contribution in [0.3, 0.4) is 0 Å². The van der Waals surface area contributed by atoms with Crippen LogP contribution in [0.1, 0.15) is 26.7 Å². The minimum Gasteiger partial charge on any atom is -0.389 e. The first-order valence-electron chi connectivity index (χ1n) is 7.28. The highest BCUT2D eigenvalue weighted by molar-refractivity contribution is 4.75. The van der Waals surface area contributed by atoms with Crippen molar-refractivity contribution in [2.24, 2.45) is 0 Å². The molecule has 19 heavy (non-hydrogen) atoms. The van der Waals surface area contributed by atoms with Gasteiger partial charge in [0, 0.05) is 26.8 Å². The van der Waals surface area contributed by atoms with Gasteiger partial charge in [-0.15, -0.1) is 0 Å². The zero-order valence-electron chi connectivity index (χ0n) is 12.5. The lowest BCUT2D eigenvalue weighted by Crippen LogP contribution is -2.44. The van der Waals surface area contributed by atoms with Crippen molar-refractivity contribution >= 4 is 0 Å². The minimum absolute atomic E-state index is 0.0252. The summed E-state index contributed by atoms with van der Waals surface area (Å²) in [6.45, 7) is 8.26. The van der Waals surface area contributed by atoms with E-state index in [0.717, 1.165) is 32.5 Å². The number of aliphatic hydroxyl groups excluding tert-OH is 1. The average molecular weight is 275 g/mol. The molecule has 1 heterocycles. The molecule has 1 N–H and O–H groups in total. The third kappa shape index (κ3) is 7.22. The van der Waals surface area contributed by atoms with Gasteiger partial charge in [-0.2, -0.15) is 0 Å². The molecule has 0 radical (unpaired) electrons. The molecule has 114 valence electrons. The molecule has 1 aliphatic rings. The third-order valence-electron chi connectivity index (χ3n) is 3.31. The predicted molar refractivity (Wildman–Crippen MR) is 74.4 cm³/mol. The second kappa shape index (κ2) is 9.66. The van der Waals surface area contributed by atoms with Crippen LogP contribution >= 0.6 is 0 Å². The number of likely N-dealkylation sites (tertiary alicyclic amines) is 1. The monoisotopic (exact) mass is 275 g/mol. The lowest BCUT2D eigenvalue weighted by Gasteiger charge is -2.33. The number of methoxy groups -OCH3 is 1. The van der Waals surface area contributed by atoms with E-state index in [0.29, 0.717) is 25.9 Å². The molecule has 3 atom stereocenters. The first kappa shape index (κ1) is 16.9. The fourth-order valence-corrected chi connectivity index (χ4v) is 2.46. The van der Waals surface area contributed by atoms with E-state index in [9.17, 15) is 5.11 Å². The van der Waals surface area contributed by atoms with Gasteiger partial charge in [0.25, 0.3) is 0 Å². The number of hydrogen-bond acceptors (Lipinski definition) is 5. The van der Waals surface area contributed by atoms with E-state index in [-0.39, 0.29) is 6.10 Å². The lowest BCUT2D eigenvalue weighted by atomic mass is 10.1. The van der Waals surface area contributed by atoms with E-state index in [1.165, 1.54) is 0 Å². The summed E-state index contributed by atoms with van der Waals surface area (Å²) >= 11 is 0. The normalized spacial score (nSPS) is 24.3. The maximum atomic E-state index is 9.99. The van der Waals surface area contributed by atoms with Crippen LogP contribution in [0.2, 0.25) is 0 Å². The molecule has 3 unspecified atom stereocenters. The molecule has 0 spiro atoms. The SMILES string of the molecule is CCOC1CCCN(CC(O)COC(C)COC)C1. The number of piperidine rings is 1. The molecule has 0 bridgehead atoms. The second-order valence-electron chi connectivity index (χ2n) is 5.23. The molecule has 0 saturated carbocycles. The molecule has 1 aliphatic heterocycles. The van der Waals surface area contributed by atoms with E-state index in [1.54, 1.807) is 7.11 Å². The Labute approximate surface area is 116 Å². The molecule has 1 rings (SSSR count). The number of β-amino-alcohol motifs (C(OH)–C–C–N with tert-alkyl or cyclic N) is 1. The topological polar surface area (TPSA) is 51.2 Å². The first-order valence-corrected chi connectivity index (χ1v) is 7.28. The number of aliphatic hydroxyl groups is 1. The van der Waals surface area contributed by atoms with E-state index < -0.39 is 6.10 Å². The van der Waals surface area contributed by atoms with E-state index in [1.807, 2.05) is 13.8 Å². The Morgan fingerprint density at radius 1 is 1.37 bits per heavy atom. The quantitative estimate of drug-likeness (QED) is 0.677. The summed E-state index contributed by atoms with van der Waals surface area (Å²) in [7, 11) is 1.65. The van der Waals surface area contributed by atoms with Crippen LogP contribution < -0.4 is 0 Å². The molecule has 5 heteroatoms. The predicted octanol–water partition coefficient (Wildman–Crippen LogP) is 0.900. The van der Waals surface area contributed by atoms with Crippen LogP contribution in [0.4, 0.5) is 0 Å². The fraction of sp³-hybridized carbons (Fsp3) is 1.00. The zero-order chi connectivity index (χ0) is 14.1. The number of hydrogen-bond donors (Lipinski definition) is 1. The third-order valence-corrected chi connectivity index (χ3v) is 3.31. The molecule has 5 nitrogen and oxygen atoms in total. The van der Waals surface area contributed by atoms with Gasteiger partial charge in [0.15, 0.2) is 0 Å². The lowest BCUT2D eigenvalue weighted by molar-refractivity contribution is -0.0508. The van der Waals surface area contributed by atoms with Crippen LogP contribution in [0, 0.1) is 0 Å². The van der Waals surface area contributed by atoms with Crippen LogP contribution in [-0.2, 0) is 14.2 Å². The zero-order valence-corrected chi connectivity index (χ0v) is 12.5. The molecule has 0 aliphatic carbocycles. The van der Waals surface area contributed by atoms with Gasteiger partial charge in [0.1, 0.15) is 0 Å². The summed E-state index contributed by atoms with van der Waals surface area (Å²) < 4.78 is 16.2. The summed E-state index contributed by atoms with van der Waals surface area (Å²) in [6.07, 6.45) is 2.16. The average Bonchev–Trinajstić information content (AvgIpc) is 2.38. The molecule has 0 aromatic heterocycles. The van der Waals surface area contributed by atoms with Gasteiger partial charge in [-0.25, -0.2) is 0 Å². The van der Waals surface area contributed by atoms with Gasteiger partial charge in [-0.05, 0) is 33.2 Å². The van der Waals surface area contributed by atoms with E-state index >= 15 is 0 Å². The number of nitrogens with zero attached hydrogens (tertiary/aromatic N) is 1.